The first-order valence-corrected chi connectivity index (χ1v) is 6.19. The van der Waals surface area contributed by atoms with Gasteiger partial charge in [0.25, 0.3) is 0 Å². The number of amides is 1. The summed E-state index contributed by atoms with van der Waals surface area (Å²) in [5, 5.41) is 2.93. The summed E-state index contributed by atoms with van der Waals surface area (Å²) in [5.74, 6) is 0.340. The third kappa shape index (κ3) is 2.95. The fourth-order valence-corrected chi connectivity index (χ4v) is 2.17. The molecule has 4 nitrogen and oxygen atoms in total. The fourth-order valence-electron chi connectivity index (χ4n) is 2.17. The van der Waals surface area contributed by atoms with Gasteiger partial charge in [0.1, 0.15) is 6.10 Å². The van der Waals surface area contributed by atoms with Gasteiger partial charge in [-0.15, -0.1) is 0 Å². The van der Waals surface area contributed by atoms with Crippen LogP contribution in [-0.2, 0) is 14.3 Å². The minimum Gasteiger partial charge on any atom is -0.371 e. The van der Waals surface area contributed by atoms with Crippen LogP contribution in [0.5, 0.6) is 0 Å². The van der Waals surface area contributed by atoms with Crippen LogP contribution in [0.25, 0.3) is 0 Å². The van der Waals surface area contributed by atoms with Gasteiger partial charge >= 0.3 is 0 Å². The lowest BCUT2D eigenvalue weighted by Crippen LogP contribution is -2.48. The maximum absolute atomic E-state index is 11.7. The maximum Gasteiger partial charge on any atom is 0.225 e. The van der Waals surface area contributed by atoms with E-state index in [-0.39, 0.29) is 30.3 Å². The first-order valence-electron chi connectivity index (χ1n) is 6.19. The number of ether oxygens (including phenoxy) is 2. The molecule has 1 heterocycles. The average molecular weight is 227 g/mol. The van der Waals surface area contributed by atoms with Crippen molar-refractivity contribution in [2.45, 2.75) is 57.5 Å². The SMILES string of the molecule is CO[C@H](NC(=O)C1CC1)[C@@H]1CCC[C@@H](C)O1. The summed E-state index contributed by atoms with van der Waals surface area (Å²) < 4.78 is 11.1. The van der Waals surface area contributed by atoms with Crippen LogP contribution in [0.3, 0.4) is 0 Å². The van der Waals surface area contributed by atoms with E-state index in [1.807, 2.05) is 0 Å². The molecular formula is C12H21NO3. The Morgan fingerprint density at radius 2 is 2.12 bits per heavy atom. The summed E-state index contributed by atoms with van der Waals surface area (Å²) in [7, 11) is 1.63. The molecule has 1 amide bonds. The zero-order valence-corrected chi connectivity index (χ0v) is 10.1. The van der Waals surface area contributed by atoms with E-state index in [1.54, 1.807) is 7.11 Å². The van der Waals surface area contributed by atoms with Gasteiger partial charge in [-0.3, -0.25) is 4.79 Å². The molecule has 2 rings (SSSR count). The highest BCUT2D eigenvalue weighted by Gasteiger charge is 2.34. The molecule has 1 saturated carbocycles. The number of nitrogens with one attached hydrogen (secondary N) is 1. The van der Waals surface area contributed by atoms with E-state index in [0.717, 1.165) is 32.1 Å². The molecule has 2 fully saturated rings. The first-order chi connectivity index (χ1) is 7.70. The lowest BCUT2D eigenvalue weighted by Gasteiger charge is -2.33. The van der Waals surface area contributed by atoms with Crippen molar-refractivity contribution in [3.8, 4) is 0 Å². The summed E-state index contributed by atoms with van der Waals surface area (Å²) in [6.45, 7) is 2.07. The van der Waals surface area contributed by atoms with Crippen LogP contribution in [0.4, 0.5) is 0 Å². The van der Waals surface area contributed by atoms with E-state index >= 15 is 0 Å². The zero-order chi connectivity index (χ0) is 11.5. The van der Waals surface area contributed by atoms with Crippen molar-refractivity contribution in [3.63, 3.8) is 0 Å². The Balaban J connectivity index is 1.85. The summed E-state index contributed by atoms with van der Waals surface area (Å²) >= 11 is 0. The summed E-state index contributed by atoms with van der Waals surface area (Å²) in [4.78, 5) is 11.7. The molecule has 1 N–H and O–H groups in total. The molecule has 92 valence electrons. The van der Waals surface area contributed by atoms with E-state index in [2.05, 4.69) is 12.2 Å². The van der Waals surface area contributed by atoms with E-state index in [4.69, 9.17) is 9.47 Å². The Hall–Kier alpha value is -0.610. The normalized spacial score (nSPS) is 32.1. The van der Waals surface area contributed by atoms with Gasteiger partial charge in [-0.1, -0.05) is 0 Å². The average Bonchev–Trinajstić information content (AvgIpc) is 3.09. The van der Waals surface area contributed by atoms with Crippen molar-refractivity contribution < 1.29 is 14.3 Å². The molecule has 0 bridgehead atoms. The predicted octanol–water partition coefficient (Wildman–Crippen LogP) is 1.44. The third-order valence-electron chi connectivity index (χ3n) is 3.33. The number of carbonyl (C=O) groups excluding carboxylic acids is 1. The quantitative estimate of drug-likeness (QED) is 0.739. The Morgan fingerprint density at radius 1 is 1.38 bits per heavy atom. The molecule has 0 aromatic rings. The van der Waals surface area contributed by atoms with Crippen molar-refractivity contribution in [2.75, 3.05) is 7.11 Å². The number of hydrogen-bond donors (Lipinski definition) is 1. The molecule has 1 saturated heterocycles. The predicted molar refractivity (Wildman–Crippen MR) is 59.8 cm³/mol. The molecule has 4 heteroatoms. The van der Waals surface area contributed by atoms with E-state index in [1.165, 1.54) is 0 Å². The Kier molecular flexibility index (Phi) is 3.82. The molecule has 1 aliphatic heterocycles. The van der Waals surface area contributed by atoms with Gasteiger partial charge in [0, 0.05) is 13.0 Å². The van der Waals surface area contributed by atoms with Gasteiger partial charge in [0.15, 0.2) is 6.23 Å². The highest BCUT2D eigenvalue weighted by molar-refractivity contribution is 5.81. The van der Waals surface area contributed by atoms with Gasteiger partial charge in [0.2, 0.25) is 5.91 Å². The molecule has 0 radical (unpaired) electrons. The Bertz CT molecular complexity index is 253. The largest absolute Gasteiger partial charge is 0.371 e. The minimum atomic E-state index is -0.282. The van der Waals surface area contributed by atoms with E-state index in [9.17, 15) is 4.79 Å². The van der Waals surface area contributed by atoms with Crippen molar-refractivity contribution in [3.05, 3.63) is 0 Å². The Labute approximate surface area is 96.7 Å². The molecule has 0 unspecified atom stereocenters. The van der Waals surface area contributed by atoms with Crippen LogP contribution in [0.15, 0.2) is 0 Å². The molecular weight excluding hydrogens is 206 g/mol. The van der Waals surface area contributed by atoms with E-state index in [0.29, 0.717) is 0 Å². The summed E-state index contributed by atoms with van der Waals surface area (Å²) in [6.07, 6.45) is 5.25. The third-order valence-corrected chi connectivity index (χ3v) is 3.33. The van der Waals surface area contributed by atoms with Gasteiger partial charge in [-0.05, 0) is 39.0 Å². The molecule has 3 atom stereocenters. The second kappa shape index (κ2) is 5.15. The second-order valence-corrected chi connectivity index (χ2v) is 4.86. The maximum atomic E-state index is 11.7. The fraction of sp³-hybridized carbons (Fsp3) is 0.917. The zero-order valence-electron chi connectivity index (χ0n) is 10.1. The summed E-state index contributed by atoms with van der Waals surface area (Å²) in [5.41, 5.74) is 0. The number of methoxy groups -OCH3 is 1. The molecule has 0 aromatic carbocycles. The molecule has 2 aliphatic rings. The molecule has 1 aliphatic carbocycles. The van der Waals surface area contributed by atoms with Crippen molar-refractivity contribution >= 4 is 5.91 Å². The lowest BCUT2D eigenvalue weighted by atomic mass is 10.0. The number of hydrogen-bond acceptors (Lipinski definition) is 3. The van der Waals surface area contributed by atoms with Crippen LogP contribution in [0.2, 0.25) is 0 Å². The van der Waals surface area contributed by atoms with Gasteiger partial charge < -0.3 is 14.8 Å². The minimum absolute atomic E-state index is 0.0106. The van der Waals surface area contributed by atoms with Gasteiger partial charge in [0.05, 0.1) is 6.10 Å². The van der Waals surface area contributed by atoms with Crippen LogP contribution in [0, 0.1) is 5.92 Å². The molecule has 0 aromatic heterocycles. The van der Waals surface area contributed by atoms with Crippen LogP contribution >= 0.6 is 0 Å². The topological polar surface area (TPSA) is 47.6 Å². The molecule has 0 spiro atoms. The monoisotopic (exact) mass is 227 g/mol. The molecule has 16 heavy (non-hydrogen) atoms. The highest BCUT2D eigenvalue weighted by atomic mass is 16.5. The first kappa shape index (κ1) is 11.9. The van der Waals surface area contributed by atoms with Gasteiger partial charge in [-0.2, -0.15) is 0 Å². The van der Waals surface area contributed by atoms with Crippen LogP contribution < -0.4 is 5.32 Å². The number of rotatable bonds is 4. The second-order valence-electron chi connectivity index (χ2n) is 4.86. The van der Waals surface area contributed by atoms with Gasteiger partial charge in [-0.25, -0.2) is 0 Å². The van der Waals surface area contributed by atoms with Crippen LogP contribution in [0.1, 0.15) is 39.0 Å². The van der Waals surface area contributed by atoms with Crippen LogP contribution in [-0.4, -0.2) is 31.5 Å². The summed E-state index contributed by atoms with van der Waals surface area (Å²) in [6, 6.07) is 0. The van der Waals surface area contributed by atoms with Crippen molar-refractivity contribution in [1.29, 1.82) is 0 Å². The van der Waals surface area contributed by atoms with Crippen molar-refractivity contribution in [1.82, 2.24) is 5.32 Å². The Morgan fingerprint density at radius 3 is 2.69 bits per heavy atom. The standard InChI is InChI=1S/C12H21NO3/c1-8-4-3-5-10(16-8)12(15-2)13-11(14)9-6-7-9/h8-10,12H,3-7H2,1-2H3,(H,13,14)/t8-,10+,12+/m1/s1. The smallest absolute Gasteiger partial charge is 0.225 e. The lowest BCUT2D eigenvalue weighted by molar-refractivity contribution is -0.142. The van der Waals surface area contributed by atoms with E-state index < -0.39 is 0 Å². The number of carbonyl (C=O) groups is 1. The van der Waals surface area contributed by atoms with Crippen molar-refractivity contribution in [2.24, 2.45) is 5.92 Å². The highest BCUT2D eigenvalue weighted by Crippen LogP contribution is 2.29.